The molecule has 0 aliphatic carbocycles. The highest BCUT2D eigenvalue weighted by Crippen LogP contribution is 2.36. The molecule has 1 aromatic carbocycles. The van der Waals surface area contributed by atoms with Crippen molar-refractivity contribution in [2.45, 2.75) is 38.7 Å². The lowest BCUT2D eigenvalue weighted by Crippen LogP contribution is -2.29. The molecule has 2 unspecified atom stereocenters. The second-order valence-electron chi connectivity index (χ2n) is 8.11. The number of hydrogen-bond donors (Lipinski definition) is 1. The van der Waals surface area contributed by atoms with E-state index >= 15 is 0 Å². The van der Waals surface area contributed by atoms with Crippen molar-refractivity contribution in [3.8, 4) is 5.82 Å². The lowest BCUT2D eigenvalue weighted by atomic mass is 10.0. The van der Waals surface area contributed by atoms with Gasteiger partial charge in [0.1, 0.15) is 5.69 Å². The van der Waals surface area contributed by atoms with Crippen molar-refractivity contribution in [2.75, 3.05) is 12.0 Å². The normalized spacial score (nSPS) is 14.6. The smallest absolute Gasteiger partial charge is 0.344 e. The third-order valence-electron chi connectivity index (χ3n) is 5.01. The Morgan fingerprint density at radius 1 is 1.05 bits per heavy atom. The van der Waals surface area contributed by atoms with Crippen LogP contribution in [0, 0.1) is 0 Å². The molecule has 0 radical (unpaired) electrons. The summed E-state index contributed by atoms with van der Waals surface area (Å²) in [5.41, 5.74) is -3.96. The zero-order valence-corrected chi connectivity index (χ0v) is 20.6. The molecule has 0 saturated carbocycles. The summed E-state index contributed by atoms with van der Waals surface area (Å²) in [4.78, 5) is 21.1. The van der Waals surface area contributed by atoms with E-state index < -0.39 is 50.7 Å². The molecule has 3 rings (SSSR count). The predicted octanol–water partition coefficient (Wildman–Crippen LogP) is 5.33. The number of nitrogens with one attached hydrogen (secondary N) is 1. The van der Waals surface area contributed by atoms with Gasteiger partial charge in [0.2, 0.25) is 0 Å². The highest BCUT2D eigenvalue weighted by molar-refractivity contribution is 7.93. The minimum absolute atomic E-state index is 0.0615. The number of nitrogens with zero attached hydrogens (tertiary/aromatic N) is 5. The van der Waals surface area contributed by atoms with Gasteiger partial charge in [-0.1, -0.05) is 6.92 Å². The SMILES string of the molecule is CCCS(C)(=O)=Nc1ccnn1-c1nccnc1C(C)NC(=O)c1cc(C(F)(F)F)cc(C(F)(F)F)c1. The Morgan fingerprint density at radius 2 is 1.65 bits per heavy atom. The summed E-state index contributed by atoms with van der Waals surface area (Å²) in [5.74, 6) is -0.597. The van der Waals surface area contributed by atoms with Crippen molar-refractivity contribution in [2.24, 2.45) is 4.36 Å². The first-order chi connectivity index (χ1) is 17.1. The summed E-state index contributed by atoms with van der Waals surface area (Å²) in [7, 11) is -2.59. The van der Waals surface area contributed by atoms with Crippen LogP contribution in [0.1, 0.15) is 53.5 Å². The minimum atomic E-state index is -5.10. The number of benzene rings is 1. The molecule has 1 amide bonds. The van der Waals surface area contributed by atoms with Crippen molar-refractivity contribution in [1.82, 2.24) is 25.1 Å². The van der Waals surface area contributed by atoms with E-state index in [1.54, 1.807) is 0 Å². The van der Waals surface area contributed by atoms with Gasteiger partial charge in [0, 0.05) is 36.0 Å². The van der Waals surface area contributed by atoms with Crippen LogP contribution in [-0.4, -0.2) is 41.9 Å². The van der Waals surface area contributed by atoms with Crippen LogP contribution in [0.3, 0.4) is 0 Å². The number of aromatic nitrogens is 4. The van der Waals surface area contributed by atoms with E-state index in [1.807, 2.05) is 6.92 Å². The maximum Gasteiger partial charge on any atom is 0.416 e. The molecule has 0 aliphatic heterocycles. The molecule has 0 spiro atoms. The van der Waals surface area contributed by atoms with Gasteiger partial charge in [0.25, 0.3) is 5.91 Å². The summed E-state index contributed by atoms with van der Waals surface area (Å²) in [6, 6.07) is 1.07. The summed E-state index contributed by atoms with van der Waals surface area (Å²) in [6.45, 7) is 3.27. The summed E-state index contributed by atoms with van der Waals surface area (Å²) in [5, 5.41) is 6.48. The molecule has 15 heteroatoms. The largest absolute Gasteiger partial charge is 0.416 e. The van der Waals surface area contributed by atoms with Gasteiger partial charge >= 0.3 is 12.4 Å². The summed E-state index contributed by atoms with van der Waals surface area (Å²) < 4.78 is 97.3. The van der Waals surface area contributed by atoms with Gasteiger partial charge in [-0.15, -0.1) is 0 Å². The first-order valence-electron chi connectivity index (χ1n) is 10.8. The maximum atomic E-state index is 13.2. The molecule has 3 aromatic rings. The average Bonchev–Trinajstić information content (AvgIpc) is 3.24. The Labute approximate surface area is 208 Å². The highest BCUT2D eigenvalue weighted by Gasteiger charge is 2.37. The van der Waals surface area contributed by atoms with Crippen LogP contribution in [0.5, 0.6) is 0 Å². The molecule has 0 saturated heterocycles. The first kappa shape index (κ1) is 28.1. The monoisotopic (exact) mass is 548 g/mol. The van der Waals surface area contributed by atoms with E-state index in [2.05, 4.69) is 24.7 Å². The molecular formula is C22H22F6N6O2S. The fourth-order valence-electron chi connectivity index (χ4n) is 3.40. The number of carbonyl (C=O) groups excluding carboxylic acids is 1. The molecule has 2 aromatic heterocycles. The van der Waals surface area contributed by atoms with Gasteiger partial charge in [-0.05, 0) is 31.5 Å². The average molecular weight is 549 g/mol. The van der Waals surface area contributed by atoms with E-state index in [0.29, 0.717) is 24.3 Å². The third-order valence-corrected chi connectivity index (χ3v) is 6.75. The lowest BCUT2D eigenvalue weighted by Gasteiger charge is -2.18. The minimum Gasteiger partial charge on any atom is -0.344 e. The number of carbonyl (C=O) groups is 1. The van der Waals surface area contributed by atoms with Crippen LogP contribution >= 0.6 is 0 Å². The molecule has 0 aliphatic rings. The van der Waals surface area contributed by atoms with Crippen molar-refractivity contribution in [1.29, 1.82) is 0 Å². The van der Waals surface area contributed by atoms with Crippen LogP contribution in [-0.2, 0) is 22.1 Å². The summed E-state index contributed by atoms with van der Waals surface area (Å²) in [6.07, 6.45) is -4.12. The highest BCUT2D eigenvalue weighted by atomic mass is 32.2. The molecule has 2 heterocycles. The van der Waals surface area contributed by atoms with Crippen LogP contribution < -0.4 is 5.32 Å². The Hall–Kier alpha value is -3.49. The molecule has 37 heavy (non-hydrogen) atoms. The van der Waals surface area contributed by atoms with Gasteiger partial charge in [-0.3, -0.25) is 9.78 Å². The number of hydrogen-bond acceptors (Lipinski definition) is 6. The van der Waals surface area contributed by atoms with E-state index in [9.17, 15) is 35.3 Å². The van der Waals surface area contributed by atoms with Crippen molar-refractivity contribution in [3.05, 3.63) is 65.2 Å². The second kappa shape index (κ2) is 10.5. The van der Waals surface area contributed by atoms with Crippen LogP contribution in [0.15, 0.2) is 47.2 Å². The van der Waals surface area contributed by atoms with Crippen molar-refractivity contribution < 1.29 is 35.3 Å². The predicted molar refractivity (Wildman–Crippen MR) is 123 cm³/mol. The van der Waals surface area contributed by atoms with Gasteiger partial charge in [-0.2, -0.15) is 40.5 Å². The zero-order chi connectivity index (χ0) is 27.6. The van der Waals surface area contributed by atoms with Gasteiger partial charge < -0.3 is 5.32 Å². The standard InChI is InChI=1S/C22H22F6N6O2S/c1-4-9-37(3,36)33-17-5-6-31-34(17)19-18(29-7-8-30-19)13(2)32-20(35)14-10-15(21(23,24)25)12-16(11-14)22(26,27)28/h5-8,10-13H,4,9H2,1-3H3,(H,32,35). The fourth-order valence-corrected chi connectivity index (χ4v) is 4.78. The Balaban J connectivity index is 1.98. The molecule has 2 atom stereocenters. The van der Waals surface area contributed by atoms with E-state index in [0.717, 1.165) is 0 Å². The van der Waals surface area contributed by atoms with Crippen LogP contribution in [0.4, 0.5) is 32.2 Å². The maximum absolute atomic E-state index is 13.2. The molecule has 8 nitrogen and oxygen atoms in total. The Bertz CT molecular complexity index is 1380. The Morgan fingerprint density at radius 3 is 2.22 bits per heavy atom. The molecule has 0 fully saturated rings. The zero-order valence-electron chi connectivity index (χ0n) is 19.8. The number of halogens is 6. The van der Waals surface area contributed by atoms with E-state index in [4.69, 9.17) is 0 Å². The van der Waals surface area contributed by atoms with E-state index in [1.165, 1.54) is 42.5 Å². The molecule has 1 N–H and O–H groups in total. The van der Waals surface area contributed by atoms with Gasteiger partial charge in [-0.25, -0.2) is 9.19 Å². The van der Waals surface area contributed by atoms with Crippen LogP contribution in [0.25, 0.3) is 5.82 Å². The van der Waals surface area contributed by atoms with E-state index in [-0.39, 0.29) is 23.4 Å². The third kappa shape index (κ3) is 6.84. The molecule has 0 bridgehead atoms. The molecule has 200 valence electrons. The fraction of sp³-hybridized carbons (Fsp3) is 0.364. The van der Waals surface area contributed by atoms with Crippen molar-refractivity contribution in [3.63, 3.8) is 0 Å². The Kier molecular flexibility index (Phi) is 7.95. The number of amides is 1. The summed E-state index contributed by atoms with van der Waals surface area (Å²) >= 11 is 0. The lowest BCUT2D eigenvalue weighted by molar-refractivity contribution is -0.143. The van der Waals surface area contributed by atoms with Crippen molar-refractivity contribution >= 4 is 21.5 Å². The quantitative estimate of drug-likeness (QED) is 0.402. The number of alkyl halides is 6. The number of rotatable bonds is 7. The first-order valence-corrected chi connectivity index (χ1v) is 12.9. The van der Waals surface area contributed by atoms with Crippen LogP contribution in [0.2, 0.25) is 0 Å². The van der Waals surface area contributed by atoms with Gasteiger partial charge in [0.15, 0.2) is 11.6 Å². The topological polar surface area (TPSA) is 102 Å². The second-order valence-corrected chi connectivity index (χ2v) is 10.6. The van der Waals surface area contributed by atoms with Gasteiger partial charge in [0.05, 0.1) is 33.1 Å². The molecular weight excluding hydrogens is 526 g/mol.